The second-order valence-electron chi connectivity index (χ2n) is 26.3. The lowest BCUT2D eigenvalue weighted by atomic mass is 10.0. The summed E-state index contributed by atoms with van der Waals surface area (Å²) in [5.41, 5.74) is 0. The number of ether oxygens (including phenoxy) is 1. The summed E-state index contributed by atoms with van der Waals surface area (Å²) in [5.74, 6) is -0.0479. The minimum atomic E-state index is -0.843. The molecular formula is C78H149NO5. The molecule has 0 bridgehead atoms. The van der Waals surface area contributed by atoms with E-state index < -0.39 is 12.1 Å². The molecule has 0 aromatic heterocycles. The van der Waals surface area contributed by atoms with Crippen molar-refractivity contribution in [3.05, 3.63) is 36.5 Å². The van der Waals surface area contributed by atoms with Crippen LogP contribution in [0.25, 0.3) is 0 Å². The van der Waals surface area contributed by atoms with Crippen molar-refractivity contribution in [1.82, 2.24) is 5.32 Å². The van der Waals surface area contributed by atoms with E-state index >= 15 is 0 Å². The lowest BCUT2D eigenvalue weighted by Crippen LogP contribution is -2.45. The molecule has 0 aliphatic heterocycles. The van der Waals surface area contributed by atoms with Gasteiger partial charge in [-0.1, -0.05) is 384 Å². The summed E-state index contributed by atoms with van der Waals surface area (Å²) >= 11 is 0. The number of esters is 1. The molecule has 84 heavy (non-hydrogen) atoms. The predicted octanol–water partition coefficient (Wildman–Crippen LogP) is 25.0. The monoisotopic (exact) mass is 1180 g/mol. The van der Waals surface area contributed by atoms with E-state index in [9.17, 15) is 19.8 Å². The largest absolute Gasteiger partial charge is 0.466 e. The van der Waals surface area contributed by atoms with Gasteiger partial charge < -0.3 is 20.3 Å². The maximum absolute atomic E-state index is 12.5. The SMILES string of the molecule is CCCCCC/C=C\C/C=C\CCCCCCCCCC(=O)OCCCCCCCCCCCCCCCCCCCCCCCCCCCCCCCC(=O)NC(CO)C(O)/C=C/CCCCCCCCCCCCCCCCCCCC. The predicted molar refractivity (Wildman–Crippen MR) is 370 cm³/mol. The zero-order valence-corrected chi connectivity index (χ0v) is 56.9. The van der Waals surface area contributed by atoms with Crippen LogP contribution in [0.5, 0.6) is 0 Å². The molecule has 0 rings (SSSR count). The molecular weight excluding hydrogens is 1030 g/mol. The first kappa shape index (κ1) is 82.1. The van der Waals surface area contributed by atoms with Gasteiger partial charge in [0.15, 0.2) is 0 Å². The molecule has 6 nitrogen and oxygen atoms in total. The van der Waals surface area contributed by atoms with Gasteiger partial charge in [0.05, 0.1) is 25.4 Å². The molecule has 6 heteroatoms. The van der Waals surface area contributed by atoms with Crippen LogP contribution in [0.1, 0.15) is 425 Å². The molecule has 0 saturated carbocycles. The Bertz CT molecular complexity index is 1360. The van der Waals surface area contributed by atoms with E-state index in [0.29, 0.717) is 19.4 Å². The quantitative estimate of drug-likeness (QED) is 0.0320. The Morgan fingerprint density at radius 2 is 0.595 bits per heavy atom. The van der Waals surface area contributed by atoms with E-state index in [2.05, 4.69) is 43.5 Å². The van der Waals surface area contributed by atoms with Crippen molar-refractivity contribution in [3.63, 3.8) is 0 Å². The van der Waals surface area contributed by atoms with E-state index in [4.69, 9.17) is 4.74 Å². The van der Waals surface area contributed by atoms with Crippen molar-refractivity contribution >= 4 is 11.9 Å². The Kier molecular flexibility index (Phi) is 71.9. The van der Waals surface area contributed by atoms with Gasteiger partial charge in [-0.05, 0) is 64.2 Å². The number of allylic oxidation sites excluding steroid dienone is 5. The Morgan fingerprint density at radius 1 is 0.333 bits per heavy atom. The molecule has 496 valence electrons. The molecule has 1 amide bonds. The molecule has 2 atom stereocenters. The number of aliphatic hydroxyl groups is 2. The van der Waals surface area contributed by atoms with Gasteiger partial charge in [-0.3, -0.25) is 9.59 Å². The highest BCUT2D eigenvalue weighted by Crippen LogP contribution is 2.19. The fraction of sp³-hybridized carbons (Fsp3) is 0.897. The van der Waals surface area contributed by atoms with Crippen molar-refractivity contribution in [2.75, 3.05) is 13.2 Å². The Labute approximate surface area is 525 Å². The number of nitrogens with one attached hydrogen (secondary N) is 1. The highest BCUT2D eigenvalue weighted by molar-refractivity contribution is 5.76. The molecule has 0 aromatic carbocycles. The molecule has 0 fully saturated rings. The average molecular weight is 1180 g/mol. The van der Waals surface area contributed by atoms with Crippen LogP contribution < -0.4 is 5.32 Å². The van der Waals surface area contributed by atoms with Crippen LogP contribution in [0.2, 0.25) is 0 Å². The van der Waals surface area contributed by atoms with Gasteiger partial charge >= 0.3 is 5.97 Å². The summed E-state index contributed by atoms with van der Waals surface area (Å²) in [6.45, 7) is 4.93. The fourth-order valence-electron chi connectivity index (χ4n) is 12.1. The minimum absolute atomic E-state index is 0.0125. The number of hydrogen-bond donors (Lipinski definition) is 3. The lowest BCUT2D eigenvalue weighted by molar-refractivity contribution is -0.143. The van der Waals surface area contributed by atoms with Crippen LogP contribution in [0.4, 0.5) is 0 Å². The summed E-state index contributed by atoms with van der Waals surface area (Å²) in [4.78, 5) is 24.6. The molecule has 3 N–H and O–H groups in total. The normalized spacial score (nSPS) is 12.7. The van der Waals surface area contributed by atoms with Gasteiger partial charge in [0.1, 0.15) is 0 Å². The van der Waals surface area contributed by atoms with E-state index in [1.165, 1.54) is 347 Å². The van der Waals surface area contributed by atoms with Crippen molar-refractivity contribution in [2.45, 2.75) is 437 Å². The van der Waals surface area contributed by atoms with Gasteiger partial charge in [0.25, 0.3) is 0 Å². The topological polar surface area (TPSA) is 95.9 Å². The van der Waals surface area contributed by atoms with Gasteiger partial charge in [0, 0.05) is 12.8 Å². The van der Waals surface area contributed by atoms with Crippen LogP contribution in [-0.2, 0) is 14.3 Å². The minimum Gasteiger partial charge on any atom is -0.466 e. The average Bonchev–Trinajstić information content (AvgIpc) is 3.51. The smallest absolute Gasteiger partial charge is 0.305 e. The summed E-state index contributed by atoms with van der Waals surface area (Å²) in [6, 6.07) is -0.626. The van der Waals surface area contributed by atoms with Crippen LogP contribution in [-0.4, -0.2) is 47.4 Å². The van der Waals surface area contributed by atoms with E-state index in [-0.39, 0.29) is 18.5 Å². The zero-order valence-electron chi connectivity index (χ0n) is 56.9. The van der Waals surface area contributed by atoms with Crippen LogP contribution in [0.3, 0.4) is 0 Å². The third-order valence-electron chi connectivity index (χ3n) is 17.9. The van der Waals surface area contributed by atoms with Crippen molar-refractivity contribution in [1.29, 1.82) is 0 Å². The highest BCUT2D eigenvalue weighted by Gasteiger charge is 2.18. The Balaban J connectivity index is 3.36. The Morgan fingerprint density at radius 3 is 0.917 bits per heavy atom. The standard InChI is InChI=1S/C78H149NO5/c1-3-5-7-9-11-13-15-17-19-21-23-35-38-42-46-50-54-58-62-66-70-76(81)75(74-80)79-77(82)71-67-63-59-55-51-47-43-39-36-33-31-29-27-25-24-26-28-30-32-34-37-41-45-49-53-57-61-65-69-73-84-78(83)72-68-64-60-56-52-48-44-40-22-20-18-16-14-12-10-8-6-4-2/h14,16,20,22,66,70,75-76,80-81H,3-13,15,17-19,21,23-65,67-69,71-74H2,1-2H3,(H,79,82)/b16-14-,22-20-,70-66+. The first-order chi connectivity index (χ1) is 41.5. The van der Waals surface area contributed by atoms with Gasteiger partial charge in [0.2, 0.25) is 5.91 Å². The number of rotatable bonds is 72. The van der Waals surface area contributed by atoms with Crippen LogP contribution >= 0.6 is 0 Å². The summed E-state index contributed by atoms with van der Waals surface area (Å²) < 4.78 is 5.51. The zero-order chi connectivity index (χ0) is 60.6. The van der Waals surface area contributed by atoms with Gasteiger partial charge in [-0.25, -0.2) is 0 Å². The van der Waals surface area contributed by atoms with Crippen molar-refractivity contribution in [2.24, 2.45) is 0 Å². The number of carbonyl (C=O) groups is 2. The summed E-state index contributed by atoms with van der Waals surface area (Å²) in [6.07, 6.45) is 95.3. The molecule has 2 unspecified atom stereocenters. The molecule has 0 radical (unpaired) electrons. The Hall–Kier alpha value is -1.92. The van der Waals surface area contributed by atoms with E-state index in [1.807, 2.05) is 6.08 Å². The number of hydrogen-bond acceptors (Lipinski definition) is 5. The van der Waals surface area contributed by atoms with Gasteiger partial charge in [-0.2, -0.15) is 0 Å². The molecule has 0 aromatic rings. The maximum atomic E-state index is 12.5. The van der Waals surface area contributed by atoms with Crippen molar-refractivity contribution in [3.8, 4) is 0 Å². The first-order valence-electron chi connectivity index (χ1n) is 38.3. The number of carbonyl (C=O) groups excluding carboxylic acids is 2. The number of aliphatic hydroxyl groups excluding tert-OH is 2. The maximum Gasteiger partial charge on any atom is 0.305 e. The second-order valence-corrected chi connectivity index (χ2v) is 26.3. The molecule has 0 spiro atoms. The van der Waals surface area contributed by atoms with E-state index in [1.54, 1.807) is 6.08 Å². The summed E-state index contributed by atoms with van der Waals surface area (Å²) in [7, 11) is 0. The third-order valence-corrected chi connectivity index (χ3v) is 17.9. The first-order valence-corrected chi connectivity index (χ1v) is 38.3. The lowest BCUT2D eigenvalue weighted by Gasteiger charge is -2.20. The second kappa shape index (κ2) is 73.5. The fourth-order valence-corrected chi connectivity index (χ4v) is 12.1. The number of unbranched alkanes of at least 4 members (excludes halogenated alkanes) is 57. The molecule has 0 heterocycles. The third kappa shape index (κ3) is 69.2. The van der Waals surface area contributed by atoms with Crippen LogP contribution in [0.15, 0.2) is 36.5 Å². The van der Waals surface area contributed by atoms with Crippen molar-refractivity contribution < 1.29 is 24.5 Å². The molecule has 0 aliphatic carbocycles. The van der Waals surface area contributed by atoms with E-state index in [0.717, 1.165) is 51.4 Å². The molecule has 0 saturated heterocycles. The van der Waals surface area contributed by atoms with Crippen LogP contribution in [0, 0.1) is 0 Å². The highest BCUT2D eigenvalue weighted by atomic mass is 16.5. The number of amides is 1. The van der Waals surface area contributed by atoms with Gasteiger partial charge in [-0.15, -0.1) is 0 Å². The molecule has 0 aliphatic rings. The summed E-state index contributed by atoms with van der Waals surface area (Å²) in [5, 5.41) is 23.3.